The van der Waals surface area contributed by atoms with Gasteiger partial charge in [-0.3, -0.25) is 10.9 Å². The summed E-state index contributed by atoms with van der Waals surface area (Å²) < 4.78 is 0. The Hall–Kier alpha value is -0.870. The van der Waals surface area contributed by atoms with Gasteiger partial charge in [-0.15, -0.1) is 0 Å². The van der Waals surface area contributed by atoms with Gasteiger partial charge < -0.3 is 0 Å². The maximum Gasteiger partial charge on any atom is 0.109 e. The predicted molar refractivity (Wildman–Crippen MR) is 71.4 cm³/mol. The SMILES string of the molecule is CC(C)=C/C=N\NC1NNCC2CCCCC21. The number of allylic oxidation sites excluding steroid dienone is 2. The lowest BCUT2D eigenvalue weighted by Gasteiger charge is -2.41. The van der Waals surface area contributed by atoms with Gasteiger partial charge in [0.25, 0.3) is 0 Å². The second kappa shape index (κ2) is 6.17. The molecule has 0 spiro atoms. The molecule has 0 aromatic rings. The van der Waals surface area contributed by atoms with Crippen molar-refractivity contribution < 1.29 is 0 Å². The summed E-state index contributed by atoms with van der Waals surface area (Å²) in [6.45, 7) is 5.24. The highest BCUT2D eigenvalue weighted by molar-refractivity contribution is 5.71. The lowest BCUT2D eigenvalue weighted by Crippen LogP contribution is -2.60. The third-order valence-corrected chi connectivity index (χ3v) is 3.71. The maximum absolute atomic E-state index is 4.27. The van der Waals surface area contributed by atoms with E-state index < -0.39 is 0 Å². The minimum absolute atomic E-state index is 0.274. The first-order chi connectivity index (χ1) is 8.27. The lowest BCUT2D eigenvalue weighted by molar-refractivity contribution is 0.0997. The summed E-state index contributed by atoms with van der Waals surface area (Å²) in [5.41, 5.74) is 11.1. The van der Waals surface area contributed by atoms with E-state index in [1.165, 1.54) is 31.3 Å². The maximum atomic E-state index is 4.27. The minimum Gasteiger partial charge on any atom is -0.291 e. The van der Waals surface area contributed by atoms with Crippen LogP contribution in [0, 0.1) is 11.8 Å². The average Bonchev–Trinajstić information content (AvgIpc) is 2.34. The van der Waals surface area contributed by atoms with Crippen LogP contribution in [-0.2, 0) is 0 Å². The first-order valence-corrected chi connectivity index (χ1v) is 6.68. The summed E-state index contributed by atoms with van der Waals surface area (Å²) in [6, 6.07) is 0. The summed E-state index contributed by atoms with van der Waals surface area (Å²) in [6.07, 6.45) is 9.54. The zero-order valence-electron chi connectivity index (χ0n) is 10.9. The molecule has 0 radical (unpaired) electrons. The summed E-state index contributed by atoms with van der Waals surface area (Å²) in [5, 5.41) is 4.27. The number of hydrogen-bond donors (Lipinski definition) is 3. The second-order valence-corrected chi connectivity index (χ2v) is 5.36. The van der Waals surface area contributed by atoms with Crippen LogP contribution in [0.1, 0.15) is 39.5 Å². The van der Waals surface area contributed by atoms with Gasteiger partial charge in [-0.05, 0) is 44.6 Å². The fourth-order valence-corrected chi connectivity index (χ4v) is 2.77. The van der Waals surface area contributed by atoms with Crippen LogP contribution < -0.4 is 16.3 Å². The normalized spacial score (nSPS) is 33.2. The molecule has 3 unspecified atom stereocenters. The second-order valence-electron chi connectivity index (χ2n) is 5.36. The largest absolute Gasteiger partial charge is 0.291 e. The van der Waals surface area contributed by atoms with Crippen molar-refractivity contribution in [3.8, 4) is 0 Å². The predicted octanol–water partition coefficient (Wildman–Crippen LogP) is 1.77. The molecule has 1 aliphatic carbocycles. The number of nitrogens with zero attached hydrogens (tertiary/aromatic N) is 1. The zero-order valence-corrected chi connectivity index (χ0v) is 10.9. The van der Waals surface area contributed by atoms with E-state index in [4.69, 9.17) is 0 Å². The molecule has 96 valence electrons. The quantitative estimate of drug-likeness (QED) is 0.517. The van der Waals surface area contributed by atoms with Crippen LogP contribution in [0.3, 0.4) is 0 Å². The molecule has 1 aliphatic heterocycles. The van der Waals surface area contributed by atoms with Crippen molar-refractivity contribution in [1.29, 1.82) is 0 Å². The van der Waals surface area contributed by atoms with Gasteiger partial charge in [0.05, 0.1) is 0 Å². The molecule has 1 saturated heterocycles. The molecule has 1 heterocycles. The van der Waals surface area contributed by atoms with Gasteiger partial charge in [-0.2, -0.15) is 5.10 Å². The van der Waals surface area contributed by atoms with Gasteiger partial charge in [0.2, 0.25) is 0 Å². The van der Waals surface area contributed by atoms with Crippen LogP contribution in [0.15, 0.2) is 16.8 Å². The fourth-order valence-electron chi connectivity index (χ4n) is 2.77. The summed E-state index contributed by atoms with van der Waals surface area (Å²) in [4.78, 5) is 0. The van der Waals surface area contributed by atoms with Crippen LogP contribution in [0.4, 0.5) is 0 Å². The number of hydrazone groups is 1. The number of hydrogen-bond acceptors (Lipinski definition) is 4. The van der Waals surface area contributed by atoms with E-state index in [9.17, 15) is 0 Å². The van der Waals surface area contributed by atoms with Crippen LogP contribution >= 0.6 is 0 Å². The molecular formula is C13H24N4. The van der Waals surface area contributed by atoms with Crippen LogP contribution in [0.5, 0.6) is 0 Å². The molecule has 2 rings (SSSR count). The summed E-state index contributed by atoms with van der Waals surface area (Å²) >= 11 is 0. The van der Waals surface area contributed by atoms with Crippen LogP contribution in [0.2, 0.25) is 0 Å². The van der Waals surface area contributed by atoms with Crippen molar-refractivity contribution >= 4 is 6.21 Å². The van der Waals surface area contributed by atoms with Gasteiger partial charge in [0.15, 0.2) is 0 Å². The Morgan fingerprint density at radius 3 is 2.94 bits per heavy atom. The third-order valence-electron chi connectivity index (χ3n) is 3.71. The Morgan fingerprint density at radius 1 is 1.29 bits per heavy atom. The van der Waals surface area contributed by atoms with Crippen molar-refractivity contribution in [2.45, 2.75) is 45.7 Å². The molecular weight excluding hydrogens is 212 g/mol. The van der Waals surface area contributed by atoms with Crippen LogP contribution in [-0.4, -0.2) is 18.9 Å². The van der Waals surface area contributed by atoms with Gasteiger partial charge in [-0.1, -0.05) is 18.4 Å². The van der Waals surface area contributed by atoms with E-state index >= 15 is 0 Å². The topological polar surface area (TPSA) is 48.5 Å². The fraction of sp³-hybridized carbons (Fsp3) is 0.769. The number of rotatable bonds is 3. The summed E-state index contributed by atoms with van der Waals surface area (Å²) in [7, 11) is 0. The average molecular weight is 236 g/mol. The van der Waals surface area contributed by atoms with Crippen molar-refractivity contribution in [3.63, 3.8) is 0 Å². The van der Waals surface area contributed by atoms with Crippen LogP contribution in [0.25, 0.3) is 0 Å². The van der Waals surface area contributed by atoms with Gasteiger partial charge in [0, 0.05) is 12.8 Å². The molecule has 2 aliphatic rings. The zero-order chi connectivity index (χ0) is 12.1. The van der Waals surface area contributed by atoms with Crippen molar-refractivity contribution in [2.75, 3.05) is 6.54 Å². The molecule has 17 heavy (non-hydrogen) atoms. The Labute approximate surface area is 104 Å². The standard InChI is InChI=1S/C13H24N4/c1-10(2)7-8-14-16-13-12-6-4-3-5-11(12)9-15-17-13/h7-8,11-13,15-17H,3-6,9H2,1-2H3/b14-8-. The van der Waals surface area contributed by atoms with Gasteiger partial charge in [-0.25, -0.2) is 5.43 Å². The highest BCUT2D eigenvalue weighted by atomic mass is 15.5. The highest BCUT2D eigenvalue weighted by Gasteiger charge is 2.34. The first kappa shape index (κ1) is 12.6. The third kappa shape index (κ3) is 3.54. The molecule has 3 N–H and O–H groups in total. The molecule has 0 amide bonds. The number of fused-ring (bicyclic) bond motifs is 1. The van der Waals surface area contributed by atoms with E-state index in [0.29, 0.717) is 5.92 Å². The van der Waals surface area contributed by atoms with E-state index in [-0.39, 0.29) is 6.17 Å². The first-order valence-electron chi connectivity index (χ1n) is 6.68. The highest BCUT2D eigenvalue weighted by Crippen LogP contribution is 2.32. The van der Waals surface area contributed by atoms with E-state index in [0.717, 1.165) is 12.5 Å². The number of nitrogens with one attached hydrogen (secondary N) is 3. The number of hydrazine groups is 1. The smallest absolute Gasteiger partial charge is 0.109 e. The van der Waals surface area contributed by atoms with Gasteiger partial charge >= 0.3 is 0 Å². The van der Waals surface area contributed by atoms with Crippen molar-refractivity contribution in [2.24, 2.45) is 16.9 Å². The Bertz CT molecular complexity index is 292. The Balaban J connectivity index is 1.86. The van der Waals surface area contributed by atoms with Crippen molar-refractivity contribution in [3.05, 3.63) is 11.6 Å². The summed E-state index contributed by atoms with van der Waals surface area (Å²) in [5.74, 6) is 1.52. The lowest BCUT2D eigenvalue weighted by atomic mass is 9.77. The molecule has 4 heteroatoms. The minimum atomic E-state index is 0.274. The Morgan fingerprint density at radius 2 is 2.12 bits per heavy atom. The molecule has 2 fully saturated rings. The van der Waals surface area contributed by atoms with E-state index in [1.54, 1.807) is 0 Å². The molecule has 0 aromatic heterocycles. The molecule has 1 saturated carbocycles. The Kier molecular flexibility index (Phi) is 4.57. The monoisotopic (exact) mass is 236 g/mol. The molecule has 0 bridgehead atoms. The van der Waals surface area contributed by atoms with Gasteiger partial charge in [0.1, 0.15) is 6.17 Å². The molecule has 4 nitrogen and oxygen atoms in total. The van der Waals surface area contributed by atoms with E-state index in [2.05, 4.69) is 35.2 Å². The van der Waals surface area contributed by atoms with E-state index in [1.807, 2.05) is 12.3 Å². The molecule has 3 atom stereocenters. The van der Waals surface area contributed by atoms with Crippen molar-refractivity contribution in [1.82, 2.24) is 16.3 Å². The molecule has 0 aromatic carbocycles.